The molecule has 0 saturated carbocycles. The van der Waals surface area contributed by atoms with Crippen molar-refractivity contribution in [3.8, 4) is 22.5 Å². The zero-order valence-electron chi connectivity index (χ0n) is 20.5. The Hall–Kier alpha value is -4.08. The van der Waals surface area contributed by atoms with Gasteiger partial charge < -0.3 is 4.90 Å². The number of amides is 1. The molecule has 0 bridgehead atoms. The SMILES string of the molecule is O=C(c1cc(C(F)(F)F)cc(C(F)(F)F)c1)N1CCC(n2nc(-c3ccccc3)cc2-c2ccccc2)CC1. The summed E-state index contributed by atoms with van der Waals surface area (Å²) in [4.78, 5) is 14.3. The first-order valence-electron chi connectivity index (χ1n) is 12.3. The summed E-state index contributed by atoms with van der Waals surface area (Å²) >= 11 is 0. The van der Waals surface area contributed by atoms with Crippen LogP contribution in [0.5, 0.6) is 0 Å². The second kappa shape index (κ2) is 10.2. The molecule has 1 aliphatic rings. The summed E-state index contributed by atoms with van der Waals surface area (Å²) in [5, 5.41) is 4.85. The van der Waals surface area contributed by atoms with E-state index in [2.05, 4.69) is 0 Å². The summed E-state index contributed by atoms with van der Waals surface area (Å²) in [5.74, 6) is -0.862. The lowest BCUT2D eigenvalue weighted by Gasteiger charge is -2.33. The van der Waals surface area contributed by atoms with Gasteiger partial charge in [-0.05, 0) is 42.7 Å². The summed E-state index contributed by atoms with van der Waals surface area (Å²) in [5.41, 5.74) is -0.101. The quantitative estimate of drug-likeness (QED) is 0.247. The monoisotopic (exact) mass is 543 g/mol. The van der Waals surface area contributed by atoms with Gasteiger partial charge in [-0.3, -0.25) is 9.48 Å². The molecule has 4 aromatic rings. The van der Waals surface area contributed by atoms with Gasteiger partial charge in [0.1, 0.15) is 0 Å². The predicted octanol–water partition coefficient (Wildman–Crippen LogP) is 7.73. The molecule has 1 aliphatic heterocycles. The van der Waals surface area contributed by atoms with Gasteiger partial charge in [-0.25, -0.2) is 0 Å². The van der Waals surface area contributed by atoms with Crippen molar-refractivity contribution < 1.29 is 31.1 Å². The first kappa shape index (κ1) is 26.5. The Morgan fingerprint density at radius 3 is 1.74 bits per heavy atom. The number of carbonyl (C=O) groups excluding carboxylic acids is 1. The largest absolute Gasteiger partial charge is 0.416 e. The van der Waals surface area contributed by atoms with Crippen molar-refractivity contribution in [2.75, 3.05) is 13.1 Å². The van der Waals surface area contributed by atoms with Crippen molar-refractivity contribution >= 4 is 5.91 Å². The molecule has 1 aromatic heterocycles. The fraction of sp³-hybridized carbons (Fsp3) is 0.241. The van der Waals surface area contributed by atoms with E-state index in [0.717, 1.165) is 22.5 Å². The van der Waals surface area contributed by atoms with E-state index >= 15 is 0 Å². The Kier molecular flexibility index (Phi) is 6.96. The van der Waals surface area contributed by atoms with Gasteiger partial charge in [-0.1, -0.05) is 60.7 Å². The molecule has 3 aromatic carbocycles. The summed E-state index contributed by atoms with van der Waals surface area (Å²) in [6.07, 6.45) is -9.17. The molecule has 2 heterocycles. The molecular formula is C29H23F6N3O. The zero-order chi connectivity index (χ0) is 27.8. The van der Waals surface area contributed by atoms with Crippen LogP contribution in [0, 0.1) is 0 Å². The van der Waals surface area contributed by atoms with Crippen LogP contribution in [-0.2, 0) is 12.4 Å². The van der Waals surface area contributed by atoms with Crippen LogP contribution < -0.4 is 0 Å². The molecular weight excluding hydrogens is 520 g/mol. The Balaban J connectivity index is 1.40. The molecule has 202 valence electrons. The molecule has 1 amide bonds. The van der Waals surface area contributed by atoms with E-state index in [0.29, 0.717) is 25.0 Å². The molecule has 0 aliphatic carbocycles. The maximum atomic E-state index is 13.3. The average molecular weight is 544 g/mol. The van der Waals surface area contributed by atoms with Crippen LogP contribution in [-0.4, -0.2) is 33.7 Å². The normalized spacial score (nSPS) is 15.0. The second-order valence-electron chi connectivity index (χ2n) is 9.41. The third-order valence-electron chi connectivity index (χ3n) is 6.81. The number of nitrogens with zero attached hydrogens (tertiary/aromatic N) is 3. The molecule has 4 nitrogen and oxygen atoms in total. The van der Waals surface area contributed by atoms with Gasteiger partial charge in [0, 0.05) is 24.2 Å². The highest BCUT2D eigenvalue weighted by atomic mass is 19.4. The van der Waals surface area contributed by atoms with Crippen LogP contribution in [0.25, 0.3) is 22.5 Å². The maximum Gasteiger partial charge on any atom is 0.416 e. The molecule has 0 atom stereocenters. The van der Waals surface area contributed by atoms with E-state index in [9.17, 15) is 31.1 Å². The lowest BCUT2D eigenvalue weighted by molar-refractivity contribution is -0.143. The molecule has 1 fully saturated rings. The second-order valence-corrected chi connectivity index (χ2v) is 9.41. The first-order chi connectivity index (χ1) is 18.5. The third-order valence-corrected chi connectivity index (χ3v) is 6.81. The summed E-state index contributed by atoms with van der Waals surface area (Å²) < 4.78 is 81.6. The maximum absolute atomic E-state index is 13.3. The van der Waals surface area contributed by atoms with E-state index < -0.39 is 35.0 Å². The van der Waals surface area contributed by atoms with Gasteiger partial charge >= 0.3 is 12.4 Å². The van der Waals surface area contributed by atoms with Gasteiger partial charge in [-0.15, -0.1) is 0 Å². The summed E-state index contributed by atoms with van der Waals surface area (Å²) in [6, 6.07) is 22.2. The smallest absolute Gasteiger partial charge is 0.338 e. The molecule has 1 saturated heterocycles. The minimum Gasteiger partial charge on any atom is -0.338 e. The van der Waals surface area contributed by atoms with Crippen molar-refractivity contribution in [3.63, 3.8) is 0 Å². The number of hydrogen-bond donors (Lipinski definition) is 0. The number of rotatable bonds is 4. The van der Waals surface area contributed by atoms with E-state index in [1.165, 1.54) is 4.90 Å². The number of piperidine rings is 1. The molecule has 0 radical (unpaired) electrons. The highest BCUT2D eigenvalue weighted by molar-refractivity contribution is 5.94. The van der Waals surface area contributed by atoms with Gasteiger partial charge in [-0.2, -0.15) is 31.4 Å². The molecule has 5 rings (SSSR count). The van der Waals surface area contributed by atoms with Crippen LogP contribution >= 0.6 is 0 Å². The number of carbonyl (C=O) groups is 1. The lowest BCUT2D eigenvalue weighted by Crippen LogP contribution is -2.39. The van der Waals surface area contributed by atoms with Gasteiger partial charge in [0.25, 0.3) is 5.91 Å². The van der Waals surface area contributed by atoms with Gasteiger partial charge in [0.2, 0.25) is 0 Å². The number of halogens is 6. The fourth-order valence-corrected chi connectivity index (χ4v) is 4.82. The molecule has 0 spiro atoms. The first-order valence-corrected chi connectivity index (χ1v) is 12.3. The number of hydrogen-bond acceptors (Lipinski definition) is 2. The number of likely N-dealkylation sites (tertiary alicyclic amines) is 1. The fourth-order valence-electron chi connectivity index (χ4n) is 4.82. The number of benzene rings is 3. The summed E-state index contributed by atoms with van der Waals surface area (Å²) in [6.45, 7) is 0.325. The minimum atomic E-state index is -5.02. The van der Waals surface area contributed by atoms with Crippen LogP contribution in [0.1, 0.15) is 40.4 Å². The van der Waals surface area contributed by atoms with E-state index in [4.69, 9.17) is 5.10 Å². The van der Waals surface area contributed by atoms with E-state index in [-0.39, 0.29) is 25.2 Å². The van der Waals surface area contributed by atoms with Crippen molar-refractivity contribution in [1.29, 1.82) is 0 Å². The lowest BCUT2D eigenvalue weighted by atomic mass is 10.0. The van der Waals surface area contributed by atoms with Crippen LogP contribution in [0.2, 0.25) is 0 Å². The minimum absolute atomic E-state index is 0.0240. The van der Waals surface area contributed by atoms with Crippen LogP contribution in [0.15, 0.2) is 84.9 Å². The molecule has 10 heteroatoms. The van der Waals surface area contributed by atoms with Crippen molar-refractivity contribution in [2.24, 2.45) is 0 Å². The topological polar surface area (TPSA) is 38.1 Å². The third kappa shape index (κ3) is 5.69. The van der Waals surface area contributed by atoms with Crippen LogP contribution in [0.4, 0.5) is 26.3 Å². The Bertz CT molecular complexity index is 1420. The van der Waals surface area contributed by atoms with Crippen LogP contribution in [0.3, 0.4) is 0 Å². The van der Waals surface area contributed by atoms with Gasteiger partial charge in [0.05, 0.1) is 28.6 Å². The highest BCUT2D eigenvalue weighted by Crippen LogP contribution is 2.37. The average Bonchev–Trinajstić information content (AvgIpc) is 3.38. The van der Waals surface area contributed by atoms with E-state index in [1.807, 2.05) is 71.4 Å². The van der Waals surface area contributed by atoms with Crippen molar-refractivity contribution in [1.82, 2.24) is 14.7 Å². The molecule has 0 unspecified atom stereocenters. The Morgan fingerprint density at radius 2 is 1.23 bits per heavy atom. The molecule has 39 heavy (non-hydrogen) atoms. The standard InChI is InChI=1S/C29H23F6N3O/c30-28(31,32)22-15-21(16-23(17-22)29(33,34)35)27(39)37-13-11-24(12-14-37)38-26(20-9-5-2-6-10-20)18-25(36-38)19-7-3-1-4-8-19/h1-10,15-18,24H,11-14H2. The van der Waals surface area contributed by atoms with Crippen molar-refractivity contribution in [2.45, 2.75) is 31.2 Å². The number of aromatic nitrogens is 2. The van der Waals surface area contributed by atoms with Gasteiger partial charge in [0.15, 0.2) is 0 Å². The highest BCUT2D eigenvalue weighted by Gasteiger charge is 2.38. The molecule has 0 N–H and O–H groups in total. The van der Waals surface area contributed by atoms with E-state index in [1.54, 1.807) is 0 Å². The Morgan fingerprint density at radius 1 is 0.718 bits per heavy atom. The zero-order valence-corrected chi connectivity index (χ0v) is 20.5. The predicted molar refractivity (Wildman–Crippen MR) is 134 cm³/mol. The van der Waals surface area contributed by atoms with Crippen molar-refractivity contribution in [3.05, 3.63) is 102 Å². The summed E-state index contributed by atoms with van der Waals surface area (Å²) in [7, 11) is 0. The number of alkyl halides is 6. The Labute approximate surface area is 220 Å².